The highest BCUT2D eigenvalue weighted by Gasteiger charge is 2.19. The highest BCUT2D eigenvalue weighted by Crippen LogP contribution is 2.28. The monoisotopic (exact) mass is 528 g/mol. The average molecular weight is 529 g/mol. The fraction of sp³-hybridized carbons (Fsp3) is 0.0769. The van der Waals surface area contributed by atoms with Gasteiger partial charge < -0.3 is 20.4 Å². The van der Waals surface area contributed by atoms with E-state index in [4.69, 9.17) is 10.2 Å². The Bertz CT molecular complexity index is 1480. The van der Waals surface area contributed by atoms with Crippen LogP contribution in [0, 0.1) is 13.8 Å². The molecular formula is C26H24O8S2. The van der Waals surface area contributed by atoms with Gasteiger partial charge in [0.1, 0.15) is 23.0 Å². The second-order valence-electron chi connectivity index (χ2n) is 7.89. The second-order valence-corrected chi connectivity index (χ2v) is 11.8. The van der Waals surface area contributed by atoms with Crippen molar-refractivity contribution in [3.8, 4) is 23.0 Å². The summed E-state index contributed by atoms with van der Waals surface area (Å²) in [5.74, 6) is 0.131. The number of aromatic hydroxyl groups is 4. The molecule has 0 bridgehead atoms. The first-order valence-corrected chi connectivity index (χ1v) is 13.5. The van der Waals surface area contributed by atoms with Crippen LogP contribution in [0.4, 0.5) is 0 Å². The molecule has 0 spiro atoms. The van der Waals surface area contributed by atoms with E-state index in [2.05, 4.69) is 0 Å². The molecule has 8 nitrogen and oxygen atoms in total. The molecule has 0 saturated heterocycles. The first kappa shape index (κ1) is 26.6. The molecule has 0 atom stereocenters. The van der Waals surface area contributed by atoms with Crippen LogP contribution in [0.25, 0.3) is 0 Å². The molecule has 0 aliphatic carbocycles. The maximum absolute atomic E-state index is 12.4. The number of hydrogen-bond donors (Lipinski definition) is 4. The molecule has 0 fully saturated rings. The van der Waals surface area contributed by atoms with Gasteiger partial charge in [0.25, 0.3) is 0 Å². The number of phenols is 4. The van der Waals surface area contributed by atoms with E-state index in [9.17, 15) is 27.0 Å². The number of sulfone groups is 2. The lowest BCUT2D eigenvalue weighted by atomic mass is 10.2. The Hall–Kier alpha value is -4.02. The first-order chi connectivity index (χ1) is 16.8. The molecule has 36 heavy (non-hydrogen) atoms. The van der Waals surface area contributed by atoms with Crippen LogP contribution in [0.5, 0.6) is 23.0 Å². The van der Waals surface area contributed by atoms with Gasteiger partial charge in [-0.25, -0.2) is 16.8 Å². The lowest BCUT2D eigenvalue weighted by molar-refractivity contribution is 0.470. The summed E-state index contributed by atoms with van der Waals surface area (Å²) in [6.45, 7) is 3.27. The van der Waals surface area contributed by atoms with E-state index in [1.165, 1.54) is 84.9 Å². The smallest absolute Gasteiger partial charge is 0.206 e. The summed E-state index contributed by atoms with van der Waals surface area (Å²) in [7, 11) is -7.23. The summed E-state index contributed by atoms with van der Waals surface area (Å²) >= 11 is 0. The standard InChI is InChI=1S/C14H14O4S.C12H10O4S/c1-9-7-11(3-5-13(9)15)19(17,18)12-4-6-14(16)10(2)8-12;13-9-1-5-11(6-2-9)17(15,16)12-7-3-10(14)4-8-12/h3-8,15-16H,1-2H3;1-8,13-14H. The van der Waals surface area contributed by atoms with Crippen molar-refractivity contribution in [3.63, 3.8) is 0 Å². The van der Waals surface area contributed by atoms with Crippen molar-refractivity contribution < 1.29 is 37.3 Å². The van der Waals surface area contributed by atoms with E-state index in [1.54, 1.807) is 13.8 Å². The lowest BCUT2D eigenvalue weighted by Crippen LogP contribution is -2.02. The third kappa shape index (κ3) is 5.78. The second kappa shape index (κ2) is 10.3. The summed E-state index contributed by atoms with van der Waals surface area (Å²) in [5, 5.41) is 37.1. The van der Waals surface area contributed by atoms with Gasteiger partial charge in [-0.15, -0.1) is 0 Å². The summed E-state index contributed by atoms with van der Waals surface area (Å²) < 4.78 is 49.0. The quantitative estimate of drug-likeness (QED) is 0.303. The number of hydrogen-bond acceptors (Lipinski definition) is 8. The zero-order valence-electron chi connectivity index (χ0n) is 19.3. The molecule has 0 aromatic heterocycles. The lowest BCUT2D eigenvalue weighted by Gasteiger charge is -2.08. The molecule has 4 aromatic carbocycles. The van der Waals surface area contributed by atoms with Gasteiger partial charge in [-0.3, -0.25) is 0 Å². The van der Waals surface area contributed by atoms with Crippen LogP contribution in [-0.2, 0) is 19.7 Å². The molecule has 0 aliphatic heterocycles. The highest BCUT2D eigenvalue weighted by molar-refractivity contribution is 7.91. The first-order valence-electron chi connectivity index (χ1n) is 10.5. The Morgan fingerprint density at radius 2 is 0.722 bits per heavy atom. The maximum Gasteiger partial charge on any atom is 0.206 e. The molecule has 0 amide bonds. The normalized spacial score (nSPS) is 11.4. The molecule has 0 unspecified atom stereocenters. The van der Waals surface area contributed by atoms with E-state index in [-0.39, 0.29) is 42.6 Å². The van der Waals surface area contributed by atoms with Crippen LogP contribution >= 0.6 is 0 Å². The van der Waals surface area contributed by atoms with Crippen LogP contribution in [0.3, 0.4) is 0 Å². The van der Waals surface area contributed by atoms with Crippen molar-refractivity contribution in [1.29, 1.82) is 0 Å². The highest BCUT2D eigenvalue weighted by atomic mass is 32.2. The zero-order chi connectivity index (χ0) is 26.7. The van der Waals surface area contributed by atoms with Gasteiger partial charge in [0.05, 0.1) is 19.6 Å². The minimum Gasteiger partial charge on any atom is -0.508 e. The molecule has 0 radical (unpaired) electrons. The summed E-state index contributed by atoms with van der Waals surface area (Å²) in [6, 6.07) is 18.9. The Kier molecular flexibility index (Phi) is 7.61. The van der Waals surface area contributed by atoms with Crippen molar-refractivity contribution in [2.45, 2.75) is 33.4 Å². The third-order valence-electron chi connectivity index (χ3n) is 5.25. The number of benzene rings is 4. The minimum absolute atomic E-state index is 0.00894. The van der Waals surface area contributed by atoms with Gasteiger partial charge in [0, 0.05) is 0 Å². The summed E-state index contributed by atoms with van der Waals surface area (Å²) in [4.78, 5) is 0.433. The molecule has 0 heterocycles. The molecule has 4 aromatic rings. The number of rotatable bonds is 4. The Morgan fingerprint density at radius 3 is 1.03 bits per heavy atom. The van der Waals surface area contributed by atoms with Crippen molar-refractivity contribution in [3.05, 3.63) is 96.1 Å². The van der Waals surface area contributed by atoms with Crippen LogP contribution in [0.15, 0.2) is 105 Å². The van der Waals surface area contributed by atoms with Gasteiger partial charge >= 0.3 is 0 Å². The van der Waals surface area contributed by atoms with Gasteiger partial charge in [-0.05, 0) is 110 Å². The van der Waals surface area contributed by atoms with E-state index in [1.807, 2.05) is 0 Å². The molecule has 0 saturated carbocycles. The predicted molar refractivity (Wildman–Crippen MR) is 133 cm³/mol. The van der Waals surface area contributed by atoms with Gasteiger partial charge in [-0.1, -0.05) is 0 Å². The minimum atomic E-state index is -3.64. The largest absolute Gasteiger partial charge is 0.508 e. The van der Waals surface area contributed by atoms with Gasteiger partial charge in [0.15, 0.2) is 0 Å². The van der Waals surface area contributed by atoms with Gasteiger partial charge in [-0.2, -0.15) is 0 Å². The van der Waals surface area contributed by atoms with Crippen molar-refractivity contribution in [1.82, 2.24) is 0 Å². The molecule has 0 aliphatic rings. The summed E-state index contributed by atoms with van der Waals surface area (Å²) in [5.41, 5.74) is 0.994. The van der Waals surface area contributed by atoms with Crippen molar-refractivity contribution >= 4 is 19.7 Å². The van der Waals surface area contributed by atoms with Crippen LogP contribution in [-0.4, -0.2) is 37.3 Å². The molecule has 188 valence electrons. The van der Waals surface area contributed by atoms with E-state index in [0.717, 1.165) is 0 Å². The number of aryl methyl sites for hydroxylation is 2. The van der Waals surface area contributed by atoms with E-state index >= 15 is 0 Å². The number of phenolic OH excluding ortho intramolecular Hbond substituents is 4. The zero-order valence-corrected chi connectivity index (χ0v) is 21.0. The Balaban J connectivity index is 0.000000202. The van der Waals surface area contributed by atoms with E-state index < -0.39 is 19.7 Å². The molecule has 10 heteroatoms. The molecule has 4 rings (SSSR count). The fourth-order valence-corrected chi connectivity index (χ4v) is 5.80. The van der Waals surface area contributed by atoms with E-state index in [0.29, 0.717) is 11.1 Å². The Morgan fingerprint density at radius 1 is 0.444 bits per heavy atom. The Labute approximate surface area is 209 Å². The van der Waals surface area contributed by atoms with Crippen molar-refractivity contribution in [2.75, 3.05) is 0 Å². The van der Waals surface area contributed by atoms with Crippen LogP contribution in [0.2, 0.25) is 0 Å². The fourth-order valence-electron chi connectivity index (χ4n) is 3.11. The SMILES string of the molecule is Cc1cc(S(=O)(=O)c2ccc(O)c(C)c2)ccc1O.O=S(=O)(c1ccc(O)cc1)c1ccc(O)cc1. The van der Waals surface area contributed by atoms with Crippen LogP contribution < -0.4 is 0 Å². The van der Waals surface area contributed by atoms with Crippen molar-refractivity contribution in [2.24, 2.45) is 0 Å². The van der Waals surface area contributed by atoms with Crippen LogP contribution in [0.1, 0.15) is 11.1 Å². The summed E-state index contributed by atoms with van der Waals surface area (Å²) in [6.07, 6.45) is 0. The topological polar surface area (TPSA) is 149 Å². The maximum atomic E-state index is 12.4. The third-order valence-corrected chi connectivity index (χ3v) is 8.79. The van der Waals surface area contributed by atoms with Gasteiger partial charge in [0.2, 0.25) is 19.7 Å². The average Bonchev–Trinajstić information content (AvgIpc) is 2.83. The molecule has 4 N–H and O–H groups in total. The molecular weight excluding hydrogens is 504 g/mol. The predicted octanol–water partition coefficient (Wildman–Crippen LogP) is 4.48.